The summed E-state index contributed by atoms with van der Waals surface area (Å²) in [5, 5.41) is 3.27. The van der Waals surface area contributed by atoms with Crippen LogP contribution in [0.1, 0.15) is 18.1 Å². The fourth-order valence-electron chi connectivity index (χ4n) is 3.37. The fraction of sp³-hybridized carbons (Fsp3) is 0.364. The molecule has 6 nitrogen and oxygen atoms in total. The van der Waals surface area contributed by atoms with Crippen molar-refractivity contribution in [2.75, 3.05) is 38.7 Å². The molecular formula is C22H28N4O2. The third-order valence-electron chi connectivity index (χ3n) is 4.83. The SMILES string of the molecule is CCNC(=NCC(=O)N1CCc2ccccc21)N(C)Cc1ccc(OC)cc1. The van der Waals surface area contributed by atoms with Crippen LogP contribution in [0.3, 0.4) is 0 Å². The zero-order valence-corrected chi connectivity index (χ0v) is 16.8. The van der Waals surface area contributed by atoms with Crippen molar-refractivity contribution < 1.29 is 9.53 Å². The molecule has 0 fully saturated rings. The summed E-state index contributed by atoms with van der Waals surface area (Å²) >= 11 is 0. The van der Waals surface area contributed by atoms with Gasteiger partial charge in [0.15, 0.2) is 5.96 Å². The highest BCUT2D eigenvalue weighted by atomic mass is 16.5. The van der Waals surface area contributed by atoms with Gasteiger partial charge in [-0.2, -0.15) is 0 Å². The Morgan fingerprint density at radius 2 is 1.96 bits per heavy atom. The highest BCUT2D eigenvalue weighted by Crippen LogP contribution is 2.27. The third kappa shape index (κ3) is 4.63. The first-order chi connectivity index (χ1) is 13.6. The van der Waals surface area contributed by atoms with Crippen molar-refractivity contribution >= 4 is 17.6 Å². The van der Waals surface area contributed by atoms with Gasteiger partial charge in [-0.3, -0.25) is 4.79 Å². The van der Waals surface area contributed by atoms with E-state index in [9.17, 15) is 4.79 Å². The Bertz CT molecular complexity index is 833. The number of anilines is 1. The predicted molar refractivity (Wildman–Crippen MR) is 113 cm³/mol. The average molecular weight is 380 g/mol. The number of fused-ring (bicyclic) bond motifs is 1. The molecule has 28 heavy (non-hydrogen) atoms. The van der Waals surface area contributed by atoms with Crippen molar-refractivity contribution in [3.63, 3.8) is 0 Å². The minimum Gasteiger partial charge on any atom is -0.497 e. The number of rotatable bonds is 6. The molecule has 0 saturated heterocycles. The Hall–Kier alpha value is -3.02. The van der Waals surface area contributed by atoms with Gasteiger partial charge in [-0.1, -0.05) is 30.3 Å². The van der Waals surface area contributed by atoms with Crippen LogP contribution in [0.15, 0.2) is 53.5 Å². The number of nitrogens with zero attached hydrogens (tertiary/aromatic N) is 3. The second kappa shape index (κ2) is 9.26. The number of ether oxygens (including phenoxy) is 1. The van der Waals surface area contributed by atoms with Crippen LogP contribution in [0.4, 0.5) is 5.69 Å². The average Bonchev–Trinajstić information content (AvgIpc) is 3.15. The maximum Gasteiger partial charge on any atom is 0.248 e. The van der Waals surface area contributed by atoms with Gasteiger partial charge >= 0.3 is 0 Å². The smallest absolute Gasteiger partial charge is 0.248 e. The summed E-state index contributed by atoms with van der Waals surface area (Å²) in [7, 11) is 3.63. The number of hydrogen-bond acceptors (Lipinski definition) is 3. The normalized spacial score (nSPS) is 13.2. The molecule has 148 valence electrons. The minimum atomic E-state index is 0.0261. The number of carbonyl (C=O) groups excluding carboxylic acids is 1. The molecule has 1 aliphatic heterocycles. The van der Waals surface area contributed by atoms with Crippen molar-refractivity contribution in [2.24, 2.45) is 4.99 Å². The topological polar surface area (TPSA) is 57.2 Å². The van der Waals surface area contributed by atoms with Gasteiger partial charge in [0.25, 0.3) is 0 Å². The van der Waals surface area contributed by atoms with Crippen LogP contribution in [-0.4, -0.2) is 50.6 Å². The van der Waals surface area contributed by atoms with Crippen LogP contribution in [0.5, 0.6) is 5.75 Å². The van der Waals surface area contributed by atoms with E-state index < -0.39 is 0 Å². The molecule has 0 unspecified atom stereocenters. The zero-order chi connectivity index (χ0) is 19.9. The van der Waals surface area contributed by atoms with Crippen LogP contribution in [0.25, 0.3) is 0 Å². The van der Waals surface area contributed by atoms with E-state index in [0.717, 1.165) is 42.5 Å². The lowest BCUT2D eigenvalue weighted by atomic mass is 10.2. The first kappa shape index (κ1) is 19.7. The summed E-state index contributed by atoms with van der Waals surface area (Å²) < 4.78 is 5.21. The first-order valence-corrected chi connectivity index (χ1v) is 9.63. The number of guanidine groups is 1. The molecule has 3 rings (SSSR count). The Balaban J connectivity index is 1.65. The van der Waals surface area contributed by atoms with Crippen molar-refractivity contribution in [3.05, 3.63) is 59.7 Å². The van der Waals surface area contributed by atoms with Gasteiger partial charge in [0.05, 0.1) is 7.11 Å². The van der Waals surface area contributed by atoms with E-state index in [1.807, 2.05) is 66.2 Å². The number of hydrogen-bond donors (Lipinski definition) is 1. The highest BCUT2D eigenvalue weighted by Gasteiger charge is 2.23. The molecule has 2 aromatic carbocycles. The summed E-state index contributed by atoms with van der Waals surface area (Å²) in [4.78, 5) is 21.2. The Morgan fingerprint density at radius 3 is 2.68 bits per heavy atom. The molecule has 1 aliphatic rings. The van der Waals surface area contributed by atoms with E-state index in [0.29, 0.717) is 6.54 Å². The first-order valence-electron chi connectivity index (χ1n) is 9.63. The predicted octanol–water partition coefficient (Wildman–Crippen LogP) is 2.68. The quantitative estimate of drug-likeness (QED) is 0.618. The number of methoxy groups -OCH3 is 1. The van der Waals surface area contributed by atoms with E-state index in [4.69, 9.17) is 4.74 Å². The molecule has 2 aromatic rings. The van der Waals surface area contributed by atoms with Crippen LogP contribution in [-0.2, 0) is 17.8 Å². The molecular weight excluding hydrogens is 352 g/mol. The van der Waals surface area contributed by atoms with Crippen LogP contribution in [0.2, 0.25) is 0 Å². The van der Waals surface area contributed by atoms with Crippen LogP contribution < -0.4 is 15.0 Å². The minimum absolute atomic E-state index is 0.0261. The largest absolute Gasteiger partial charge is 0.497 e. The third-order valence-corrected chi connectivity index (χ3v) is 4.83. The summed E-state index contributed by atoms with van der Waals surface area (Å²) in [5.41, 5.74) is 3.39. The van der Waals surface area contributed by atoms with Gasteiger partial charge in [-0.25, -0.2) is 4.99 Å². The zero-order valence-electron chi connectivity index (χ0n) is 16.8. The Kier molecular flexibility index (Phi) is 6.53. The fourth-order valence-corrected chi connectivity index (χ4v) is 3.37. The molecule has 0 bridgehead atoms. The molecule has 0 saturated carbocycles. The lowest BCUT2D eigenvalue weighted by molar-refractivity contribution is -0.117. The Labute approximate surface area is 166 Å². The van der Waals surface area contributed by atoms with Crippen molar-refractivity contribution in [1.29, 1.82) is 0 Å². The van der Waals surface area contributed by atoms with Crippen molar-refractivity contribution in [2.45, 2.75) is 19.9 Å². The molecule has 1 amide bonds. The number of benzene rings is 2. The standard InChI is InChI=1S/C22H28N4O2/c1-4-23-22(25(2)16-17-9-11-19(28-3)12-10-17)24-15-21(27)26-14-13-18-7-5-6-8-20(18)26/h5-12H,4,13-16H2,1-3H3,(H,23,24). The molecule has 0 spiro atoms. The van der Waals surface area contributed by atoms with Gasteiger partial charge in [0.1, 0.15) is 12.3 Å². The number of carbonyl (C=O) groups is 1. The second-order valence-corrected chi connectivity index (χ2v) is 6.80. The van der Waals surface area contributed by atoms with E-state index >= 15 is 0 Å². The number of amides is 1. The highest BCUT2D eigenvalue weighted by molar-refractivity contribution is 5.98. The summed E-state index contributed by atoms with van der Waals surface area (Å²) in [6, 6.07) is 16.0. The van der Waals surface area contributed by atoms with Gasteiger partial charge in [-0.15, -0.1) is 0 Å². The van der Waals surface area contributed by atoms with Crippen LogP contribution >= 0.6 is 0 Å². The monoisotopic (exact) mass is 380 g/mol. The summed E-state index contributed by atoms with van der Waals surface area (Å²) in [5.74, 6) is 1.58. The second-order valence-electron chi connectivity index (χ2n) is 6.80. The summed E-state index contributed by atoms with van der Waals surface area (Å²) in [6.45, 7) is 4.31. The van der Waals surface area contributed by atoms with Crippen molar-refractivity contribution in [1.82, 2.24) is 10.2 Å². The molecule has 0 radical (unpaired) electrons. The lowest BCUT2D eigenvalue weighted by Crippen LogP contribution is -2.40. The molecule has 1 heterocycles. The molecule has 1 N–H and O–H groups in total. The van der Waals surface area contributed by atoms with Gasteiger partial charge in [0, 0.05) is 32.4 Å². The molecule has 6 heteroatoms. The molecule has 0 aromatic heterocycles. The van der Waals surface area contributed by atoms with Crippen LogP contribution in [0, 0.1) is 0 Å². The van der Waals surface area contributed by atoms with E-state index in [1.165, 1.54) is 5.56 Å². The van der Waals surface area contributed by atoms with Gasteiger partial charge < -0.3 is 19.9 Å². The maximum absolute atomic E-state index is 12.7. The van der Waals surface area contributed by atoms with E-state index in [2.05, 4.69) is 16.4 Å². The summed E-state index contributed by atoms with van der Waals surface area (Å²) in [6.07, 6.45) is 0.906. The van der Waals surface area contributed by atoms with E-state index in [1.54, 1.807) is 7.11 Å². The number of aliphatic imine (C=N–C) groups is 1. The number of para-hydroxylation sites is 1. The number of nitrogens with one attached hydrogen (secondary N) is 1. The Morgan fingerprint density at radius 1 is 1.21 bits per heavy atom. The molecule has 0 aliphatic carbocycles. The van der Waals surface area contributed by atoms with Gasteiger partial charge in [0.2, 0.25) is 5.91 Å². The lowest BCUT2D eigenvalue weighted by Gasteiger charge is -2.23. The maximum atomic E-state index is 12.7. The van der Waals surface area contributed by atoms with E-state index in [-0.39, 0.29) is 12.5 Å². The van der Waals surface area contributed by atoms with Crippen molar-refractivity contribution in [3.8, 4) is 5.75 Å². The molecule has 0 atom stereocenters. The van der Waals surface area contributed by atoms with Gasteiger partial charge in [-0.05, 0) is 42.7 Å².